The topological polar surface area (TPSA) is 76.3 Å². The Kier molecular flexibility index (Phi) is 5.33. The molecule has 0 radical (unpaired) electrons. The van der Waals surface area contributed by atoms with Crippen LogP contribution >= 0.6 is 0 Å². The van der Waals surface area contributed by atoms with Crippen molar-refractivity contribution < 1.29 is 4.79 Å². The van der Waals surface area contributed by atoms with Crippen LogP contribution in [0.15, 0.2) is 33.9 Å². The van der Waals surface area contributed by atoms with Crippen molar-refractivity contribution in [1.82, 2.24) is 19.4 Å². The number of aryl methyl sites for hydroxylation is 1. The van der Waals surface area contributed by atoms with Crippen LogP contribution in [0.1, 0.15) is 19.3 Å². The molecule has 1 N–H and O–H groups in total. The Morgan fingerprint density at radius 1 is 1.08 bits per heavy atom. The van der Waals surface area contributed by atoms with Gasteiger partial charge in [0.15, 0.2) is 0 Å². The third-order valence-electron chi connectivity index (χ3n) is 4.74. The first-order chi connectivity index (χ1) is 12.1. The van der Waals surface area contributed by atoms with Crippen LogP contribution in [0.4, 0.5) is 0 Å². The first-order valence-corrected chi connectivity index (χ1v) is 8.75. The van der Waals surface area contributed by atoms with E-state index < -0.39 is 11.1 Å². The zero-order valence-corrected chi connectivity index (χ0v) is 14.5. The van der Waals surface area contributed by atoms with E-state index in [1.165, 1.54) is 22.0 Å². The van der Waals surface area contributed by atoms with Crippen LogP contribution in [-0.2, 0) is 18.4 Å². The van der Waals surface area contributed by atoms with Gasteiger partial charge in [-0.2, -0.15) is 0 Å². The zero-order chi connectivity index (χ0) is 17.8. The van der Waals surface area contributed by atoms with Gasteiger partial charge in [-0.25, -0.2) is 0 Å². The van der Waals surface area contributed by atoms with Gasteiger partial charge >= 0.3 is 11.1 Å². The maximum atomic E-state index is 12.3. The molecule has 3 rings (SSSR count). The molecule has 0 spiro atoms. The van der Waals surface area contributed by atoms with Crippen LogP contribution in [0.2, 0.25) is 0 Å². The van der Waals surface area contributed by atoms with Gasteiger partial charge in [0, 0.05) is 13.6 Å². The molecule has 2 heterocycles. The smallest absolute Gasteiger partial charge is 0.317 e. The molecule has 7 nitrogen and oxygen atoms in total. The predicted octanol–water partition coefficient (Wildman–Crippen LogP) is 0.302. The molecule has 1 aliphatic rings. The van der Waals surface area contributed by atoms with Crippen LogP contribution in [0.25, 0.3) is 11.0 Å². The van der Waals surface area contributed by atoms with Crippen molar-refractivity contribution in [3.8, 4) is 0 Å². The molecule has 0 unspecified atom stereocenters. The summed E-state index contributed by atoms with van der Waals surface area (Å²) in [6.45, 7) is 3.70. The number of nitrogens with one attached hydrogen (secondary N) is 1. The Labute approximate surface area is 145 Å². The second-order valence-corrected chi connectivity index (χ2v) is 6.50. The second kappa shape index (κ2) is 7.65. The minimum absolute atomic E-state index is 0.140. The van der Waals surface area contributed by atoms with Gasteiger partial charge in [-0.15, -0.1) is 0 Å². The molecular weight excluding hydrogens is 320 g/mol. The number of amides is 1. The van der Waals surface area contributed by atoms with Crippen LogP contribution in [-0.4, -0.2) is 46.1 Å². The number of para-hydroxylation sites is 2. The third kappa shape index (κ3) is 3.82. The molecule has 0 bridgehead atoms. The quantitative estimate of drug-likeness (QED) is 0.604. The number of carbonyl (C=O) groups excluding carboxylic acids is 1. The Morgan fingerprint density at radius 3 is 2.48 bits per heavy atom. The molecule has 1 aromatic carbocycles. The van der Waals surface area contributed by atoms with E-state index in [2.05, 4.69) is 10.2 Å². The summed E-state index contributed by atoms with van der Waals surface area (Å²) >= 11 is 0. The lowest BCUT2D eigenvalue weighted by molar-refractivity contribution is -0.121. The Morgan fingerprint density at radius 2 is 1.76 bits per heavy atom. The van der Waals surface area contributed by atoms with Gasteiger partial charge in [0.05, 0.1) is 11.0 Å². The first-order valence-electron chi connectivity index (χ1n) is 8.75. The second-order valence-electron chi connectivity index (χ2n) is 6.50. The van der Waals surface area contributed by atoms with Crippen LogP contribution in [0, 0.1) is 0 Å². The summed E-state index contributed by atoms with van der Waals surface area (Å²) in [5, 5.41) is 2.85. The largest absolute Gasteiger partial charge is 0.355 e. The Hall–Kier alpha value is -2.41. The summed E-state index contributed by atoms with van der Waals surface area (Å²) in [6.07, 6.45) is 3.40. The fourth-order valence-corrected chi connectivity index (χ4v) is 3.35. The van der Waals surface area contributed by atoms with E-state index in [1.807, 2.05) is 0 Å². The van der Waals surface area contributed by atoms with Gasteiger partial charge in [-0.3, -0.25) is 19.0 Å². The van der Waals surface area contributed by atoms with E-state index in [1.54, 1.807) is 31.3 Å². The molecule has 0 saturated carbocycles. The van der Waals surface area contributed by atoms with E-state index in [9.17, 15) is 14.4 Å². The highest BCUT2D eigenvalue weighted by Crippen LogP contribution is 2.09. The van der Waals surface area contributed by atoms with E-state index in [0.29, 0.717) is 17.6 Å². The molecule has 25 heavy (non-hydrogen) atoms. The lowest BCUT2D eigenvalue weighted by Gasteiger charge is -2.15. The van der Waals surface area contributed by atoms with Crippen molar-refractivity contribution in [1.29, 1.82) is 0 Å². The maximum Gasteiger partial charge on any atom is 0.317 e. The number of hydrogen-bond donors (Lipinski definition) is 1. The Bertz CT molecular complexity index is 878. The van der Waals surface area contributed by atoms with Crippen LogP contribution in [0.3, 0.4) is 0 Å². The van der Waals surface area contributed by atoms with Crippen molar-refractivity contribution in [2.24, 2.45) is 7.05 Å². The summed E-state index contributed by atoms with van der Waals surface area (Å²) < 4.78 is 2.58. The van der Waals surface area contributed by atoms with Crippen molar-refractivity contribution in [3.63, 3.8) is 0 Å². The minimum Gasteiger partial charge on any atom is -0.355 e. The molecule has 1 aliphatic heterocycles. The average molecular weight is 344 g/mol. The van der Waals surface area contributed by atoms with E-state index in [4.69, 9.17) is 0 Å². The minimum atomic E-state index is -0.673. The zero-order valence-electron chi connectivity index (χ0n) is 14.5. The van der Waals surface area contributed by atoms with Crippen molar-refractivity contribution in [2.45, 2.75) is 25.8 Å². The maximum absolute atomic E-state index is 12.3. The summed E-state index contributed by atoms with van der Waals surface area (Å²) in [5.74, 6) is -0.248. The number of carbonyl (C=O) groups is 1. The molecule has 1 aromatic heterocycles. The molecule has 0 atom stereocenters. The van der Waals surface area contributed by atoms with Gasteiger partial charge in [0.2, 0.25) is 5.91 Å². The molecule has 1 saturated heterocycles. The summed E-state index contributed by atoms with van der Waals surface area (Å²) in [4.78, 5) is 39.0. The normalized spacial score (nSPS) is 14.9. The molecule has 134 valence electrons. The number of benzene rings is 1. The van der Waals surface area contributed by atoms with E-state index in [0.717, 1.165) is 26.1 Å². The molecule has 1 fully saturated rings. The fraction of sp³-hybridized carbons (Fsp3) is 0.500. The number of aromatic nitrogens is 2. The van der Waals surface area contributed by atoms with E-state index in [-0.39, 0.29) is 12.5 Å². The predicted molar refractivity (Wildman–Crippen MR) is 96.7 cm³/mol. The van der Waals surface area contributed by atoms with E-state index >= 15 is 0 Å². The summed E-state index contributed by atoms with van der Waals surface area (Å²) in [6, 6.07) is 7.10. The van der Waals surface area contributed by atoms with Gasteiger partial charge in [-0.05, 0) is 51.0 Å². The molecule has 7 heteroatoms. The average Bonchev–Trinajstić information content (AvgIpc) is 3.14. The third-order valence-corrected chi connectivity index (χ3v) is 4.74. The summed E-state index contributed by atoms with van der Waals surface area (Å²) in [7, 11) is 1.56. The lowest BCUT2D eigenvalue weighted by atomic mass is 10.3. The van der Waals surface area contributed by atoms with Crippen molar-refractivity contribution >= 4 is 16.9 Å². The monoisotopic (exact) mass is 344 g/mol. The van der Waals surface area contributed by atoms with Crippen LogP contribution in [0.5, 0.6) is 0 Å². The number of hydrogen-bond acceptors (Lipinski definition) is 4. The lowest BCUT2D eigenvalue weighted by Crippen LogP contribution is -2.43. The van der Waals surface area contributed by atoms with Gasteiger partial charge < -0.3 is 14.8 Å². The molecule has 1 amide bonds. The molecule has 0 aliphatic carbocycles. The Balaban J connectivity index is 1.67. The molecule has 2 aromatic rings. The first kappa shape index (κ1) is 17.4. The highest BCUT2D eigenvalue weighted by Gasteiger charge is 2.14. The SMILES string of the molecule is Cn1c(=O)c(=O)n(CC(=O)NCCCN2CCCC2)c2ccccc21. The standard InChI is InChI=1S/C18H24N4O3/c1-20-14-7-2-3-8-15(14)22(18(25)17(20)24)13-16(23)19-9-6-12-21-10-4-5-11-21/h2-3,7-8H,4-6,9-13H2,1H3,(H,19,23). The van der Waals surface area contributed by atoms with Gasteiger partial charge in [-0.1, -0.05) is 12.1 Å². The van der Waals surface area contributed by atoms with Crippen molar-refractivity contribution in [3.05, 3.63) is 45.0 Å². The fourth-order valence-electron chi connectivity index (χ4n) is 3.35. The summed E-state index contributed by atoms with van der Waals surface area (Å²) in [5.41, 5.74) is -0.0790. The number of fused-ring (bicyclic) bond motifs is 1. The van der Waals surface area contributed by atoms with Crippen LogP contribution < -0.4 is 16.4 Å². The molecular formula is C18H24N4O3. The number of likely N-dealkylation sites (tertiary alicyclic amines) is 1. The highest BCUT2D eigenvalue weighted by atomic mass is 16.2. The highest BCUT2D eigenvalue weighted by molar-refractivity contribution is 5.80. The van der Waals surface area contributed by atoms with Gasteiger partial charge in [0.25, 0.3) is 0 Å². The van der Waals surface area contributed by atoms with Gasteiger partial charge in [0.1, 0.15) is 6.54 Å². The number of rotatable bonds is 6. The number of nitrogens with zero attached hydrogens (tertiary/aromatic N) is 3. The van der Waals surface area contributed by atoms with Crippen molar-refractivity contribution in [2.75, 3.05) is 26.2 Å².